The maximum Gasteiger partial charge on any atom is 0.262 e. The lowest BCUT2D eigenvalue weighted by Gasteiger charge is -2.28. The van der Waals surface area contributed by atoms with Crippen molar-refractivity contribution < 1.29 is 19.1 Å². The van der Waals surface area contributed by atoms with Crippen molar-refractivity contribution in [2.24, 2.45) is 11.7 Å². The summed E-state index contributed by atoms with van der Waals surface area (Å²) < 4.78 is 5.41. The molecule has 2 aromatic rings. The highest BCUT2D eigenvalue weighted by molar-refractivity contribution is 6.23. The second kappa shape index (κ2) is 9.54. The minimum atomic E-state index is -0.916. The average molecular weight is 418 g/mol. The minimum Gasteiger partial charge on any atom is -0.492 e. The molecule has 1 aliphatic heterocycles. The maximum atomic E-state index is 12.9. The molecule has 29 heavy (non-hydrogen) atoms. The van der Waals surface area contributed by atoms with Gasteiger partial charge < -0.3 is 15.8 Å². The first-order chi connectivity index (χ1) is 13.4. The summed E-state index contributed by atoms with van der Waals surface area (Å²) in [4.78, 5) is 39.5. The smallest absolute Gasteiger partial charge is 0.262 e. The number of hydrogen-bond donors (Lipinski definition) is 2. The fourth-order valence-electron chi connectivity index (χ4n) is 3.21. The summed E-state index contributed by atoms with van der Waals surface area (Å²) in [6, 6.07) is 12.5. The van der Waals surface area contributed by atoms with Crippen molar-refractivity contribution in [3.63, 3.8) is 0 Å². The summed E-state index contributed by atoms with van der Waals surface area (Å²) in [7, 11) is 0. The first-order valence-corrected chi connectivity index (χ1v) is 9.14. The van der Waals surface area contributed by atoms with E-state index >= 15 is 0 Å². The molecule has 3 amide bonds. The first-order valence-electron chi connectivity index (χ1n) is 9.14. The number of halogens is 1. The molecule has 7 nitrogen and oxygen atoms in total. The number of nitrogens with two attached hydrogens (primary N) is 1. The predicted octanol–water partition coefficient (Wildman–Crippen LogP) is 2.71. The van der Waals surface area contributed by atoms with Gasteiger partial charge in [-0.25, -0.2) is 0 Å². The Bertz CT molecular complexity index is 864. The molecule has 1 heterocycles. The van der Waals surface area contributed by atoms with Gasteiger partial charge in [0.2, 0.25) is 5.91 Å². The average Bonchev–Trinajstić information content (AvgIpc) is 2.93. The van der Waals surface area contributed by atoms with Crippen molar-refractivity contribution in [1.29, 1.82) is 0 Å². The molecule has 0 aliphatic carbocycles. The van der Waals surface area contributed by atoms with Gasteiger partial charge in [0.15, 0.2) is 0 Å². The van der Waals surface area contributed by atoms with Gasteiger partial charge in [0, 0.05) is 12.2 Å². The van der Waals surface area contributed by atoms with Gasteiger partial charge in [-0.15, -0.1) is 12.4 Å². The second-order valence-corrected chi connectivity index (χ2v) is 6.87. The van der Waals surface area contributed by atoms with Crippen LogP contribution >= 0.6 is 12.4 Å². The minimum absolute atomic E-state index is 0. The molecule has 1 unspecified atom stereocenters. The Morgan fingerprint density at radius 1 is 1.03 bits per heavy atom. The Hall–Kier alpha value is -2.90. The number of amides is 3. The van der Waals surface area contributed by atoms with Crippen LogP contribution in [0.15, 0.2) is 48.5 Å². The Balaban J connectivity index is 0.00000300. The third-order valence-electron chi connectivity index (χ3n) is 4.51. The molecule has 0 aromatic heterocycles. The molecule has 0 fully saturated rings. The van der Waals surface area contributed by atoms with Crippen molar-refractivity contribution in [1.82, 2.24) is 4.90 Å². The van der Waals surface area contributed by atoms with Crippen LogP contribution in [0.3, 0.4) is 0 Å². The molecule has 0 radical (unpaired) electrons. The third kappa shape index (κ3) is 4.58. The second-order valence-electron chi connectivity index (χ2n) is 6.87. The van der Waals surface area contributed by atoms with Crippen LogP contribution in [-0.2, 0) is 4.79 Å². The van der Waals surface area contributed by atoms with Crippen LogP contribution in [0.4, 0.5) is 5.69 Å². The number of hydrogen-bond acceptors (Lipinski definition) is 5. The SMILES string of the molecule is CC(C)C(C(=O)Nc1ccc(OCCN)cc1)N1C(=O)c2ccccc2C1=O.Cl. The van der Waals surface area contributed by atoms with E-state index in [1.807, 2.05) is 0 Å². The zero-order valence-corrected chi connectivity index (χ0v) is 17.1. The third-order valence-corrected chi connectivity index (χ3v) is 4.51. The van der Waals surface area contributed by atoms with Crippen LogP contribution in [0.5, 0.6) is 5.75 Å². The summed E-state index contributed by atoms with van der Waals surface area (Å²) >= 11 is 0. The van der Waals surface area contributed by atoms with Crippen molar-refractivity contribution in [2.75, 3.05) is 18.5 Å². The normalized spacial score (nSPS) is 13.7. The number of rotatable bonds is 7. The summed E-state index contributed by atoms with van der Waals surface area (Å²) in [6.45, 7) is 4.42. The number of benzene rings is 2. The lowest BCUT2D eigenvalue weighted by atomic mass is 10.0. The number of carbonyl (C=O) groups is 3. The molecule has 8 heteroatoms. The number of nitrogens with one attached hydrogen (secondary N) is 1. The zero-order valence-electron chi connectivity index (χ0n) is 16.3. The van der Waals surface area contributed by atoms with Crippen LogP contribution in [0.25, 0.3) is 0 Å². The highest BCUT2D eigenvalue weighted by atomic mass is 35.5. The van der Waals surface area contributed by atoms with E-state index in [0.717, 1.165) is 4.90 Å². The number of ether oxygens (including phenoxy) is 1. The molecule has 3 N–H and O–H groups in total. The summed E-state index contributed by atoms with van der Waals surface area (Å²) in [5.41, 5.74) is 6.61. The fraction of sp³-hybridized carbons (Fsp3) is 0.286. The summed E-state index contributed by atoms with van der Waals surface area (Å²) in [6.07, 6.45) is 0. The Morgan fingerprint density at radius 3 is 2.07 bits per heavy atom. The molecular formula is C21H24ClN3O4. The molecule has 0 spiro atoms. The Kier molecular flexibility index (Phi) is 7.36. The van der Waals surface area contributed by atoms with E-state index in [1.54, 1.807) is 62.4 Å². The van der Waals surface area contributed by atoms with Crippen LogP contribution < -0.4 is 15.8 Å². The van der Waals surface area contributed by atoms with E-state index in [1.165, 1.54) is 0 Å². The van der Waals surface area contributed by atoms with Crippen molar-refractivity contribution >= 4 is 35.8 Å². The maximum absolute atomic E-state index is 12.9. The number of carbonyl (C=O) groups excluding carboxylic acids is 3. The van der Waals surface area contributed by atoms with Crippen LogP contribution in [-0.4, -0.2) is 41.8 Å². The standard InChI is InChI=1S/C21H23N3O4.ClH/c1-13(2)18(24-20(26)16-5-3-4-6-17(16)21(24)27)19(25)23-14-7-9-15(10-8-14)28-12-11-22;/h3-10,13,18H,11-12,22H2,1-2H3,(H,23,25);1H. The molecule has 1 aliphatic rings. The highest BCUT2D eigenvalue weighted by Gasteiger charge is 2.43. The van der Waals surface area contributed by atoms with Gasteiger partial charge >= 0.3 is 0 Å². The number of imide groups is 1. The van der Waals surface area contributed by atoms with E-state index in [-0.39, 0.29) is 18.3 Å². The molecular weight excluding hydrogens is 394 g/mol. The lowest BCUT2D eigenvalue weighted by molar-refractivity contribution is -0.121. The summed E-state index contributed by atoms with van der Waals surface area (Å²) in [5.74, 6) is -0.918. The predicted molar refractivity (Wildman–Crippen MR) is 112 cm³/mol. The van der Waals surface area contributed by atoms with E-state index in [2.05, 4.69) is 5.32 Å². The van der Waals surface area contributed by atoms with Gasteiger partial charge in [0.05, 0.1) is 11.1 Å². The van der Waals surface area contributed by atoms with Crippen LogP contribution in [0, 0.1) is 5.92 Å². The Labute approximate surface area is 175 Å². The largest absolute Gasteiger partial charge is 0.492 e. The van der Waals surface area contributed by atoms with Crippen molar-refractivity contribution in [3.8, 4) is 5.75 Å². The Morgan fingerprint density at radius 2 is 1.59 bits per heavy atom. The van der Waals surface area contributed by atoms with Crippen molar-refractivity contribution in [3.05, 3.63) is 59.7 Å². The van der Waals surface area contributed by atoms with Gasteiger partial charge in [-0.3, -0.25) is 19.3 Å². The first kappa shape index (κ1) is 22.4. The van der Waals surface area contributed by atoms with E-state index in [0.29, 0.717) is 35.7 Å². The summed E-state index contributed by atoms with van der Waals surface area (Å²) in [5, 5.41) is 2.79. The van der Waals surface area contributed by atoms with E-state index in [4.69, 9.17) is 10.5 Å². The van der Waals surface area contributed by atoms with Crippen molar-refractivity contribution in [2.45, 2.75) is 19.9 Å². The van der Waals surface area contributed by atoms with E-state index < -0.39 is 23.8 Å². The van der Waals surface area contributed by atoms with Crippen LogP contribution in [0.2, 0.25) is 0 Å². The van der Waals surface area contributed by atoms with Gasteiger partial charge in [-0.05, 0) is 42.3 Å². The number of fused-ring (bicyclic) bond motifs is 1. The van der Waals surface area contributed by atoms with Gasteiger partial charge in [0.1, 0.15) is 18.4 Å². The monoisotopic (exact) mass is 417 g/mol. The molecule has 0 bridgehead atoms. The van der Waals surface area contributed by atoms with Gasteiger partial charge in [0.25, 0.3) is 11.8 Å². The van der Waals surface area contributed by atoms with Gasteiger partial charge in [-0.2, -0.15) is 0 Å². The fourth-order valence-corrected chi connectivity index (χ4v) is 3.21. The molecule has 3 rings (SSSR count). The molecule has 154 valence electrons. The van der Waals surface area contributed by atoms with Crippen LogP contribution in [0.1, 0.15) is 34.6 Å². The quantitative estimate of drug-likeness (QED) is 0.674. The van der Waals surface area contributed by atoms with Gasteiger partial charge in [-0.1, -0.05) is 26.0 Å². The molecule has 2 aromatic carbocycles. The molecule has 0 saturated heterocycles. The number of nitrogens with zero attached hydrogens (tertiary/aromatic N) is 1. The molecule has 1 atom stereocenters. The zero-order chi connectivity index (χ0) is 20.3. The van der Waals surface area contributed by atoms with E-state index in [9.17, 15) is 14.4 Å². The number of anilines is 1. The molecule has 0 saturated carbocycles. The highest BCUT2D eigenvalue weighted by Crippen LogP contribution is 2.28. The topological polar surface area (TPSA) is 102 Å². The lowest BCUT2D eigenvalue weighted by Crippen LogP contribution is -2.50.